The van der Waals surface area contributed by atoms with Crippen molar-refractivity contribution in [1.29, 1.82) is 0 Å². The van der Waals surface area contributed by atoms with Crippen LogP contribution in [0.3, 0.4) is 0 Å². The zero-order chi connectivity index (χ0) is 26.3. The molecule has 0 aliphatic carbocycles. The van der Waals surface area contributed by atoms with Crippen molar-refractivity contribution >= 4 is 31.4 Å². The number of sulfonamides is 2. The van der Waals surface area contributed by atoms with Gasteiger partial charge in [0.2, 0.25) is 20.0 Å². The lowest BCUT2D eigenvalue weighted by atomic mass is 10.1. The van der Waals surface area contributed by atoms with Crippen molar-refractivity contribution in [3.05, 3.63) is 105 Å². The Labute approximate surface area is 207 Å². The molecule has 14 heteroatoms. The van der Waals surface area contributed by atoms with Gasteiger partial charge in [0.1, 0.15) is 0 Å². The molecule has 0 fully saturated rings. The van der Waals surface area contributed by atoms with E-state index in [4.69, 9.17) is 0 Å². The summed E-state index contributed by atoms with van der Waals surface area (Å²) in [6.07, 6.45) is 0.487. The quantitative estimate of drug-likeness (QED) is 0.263. The highest BCUT2D eigenvalue weighted by atomic mass is 32.2. The van der Waals surface area contributed by atoms with Gasteiger partial charge in [-0.2, -0.15) is 0 Å². The van der Waals surface area contributed by atoms with E-state index in [-0.39, 0.29) is 6.42 Å². The lowest BCUT2D eigenvalue weighted by molar-refractivity contribution is -0.388. The van der Waals surface area contributed by atoms with Gasteiger partial charge in [0.25, 0.3) is 11.4 Å². The average molecular weight is 535 g/mol. The lowest BCUT2D eigenvalue weighted by Crippen LogP contribution is -2.44. The third-order valence-corrected chi connectivity index (χ3v) is 8.21. The molecule has 12 nitrogen and oxygen atoms in total. The van der Waals surface area contributed by atoms with E-state index in [2.05, 4.69) is 9.44 Å². The van der Waals surface area contributed by atoms with Crippen LogP contribution >= 0.6 is 0 Å². The summed E-state index contributed by atoms with van der Waals surface area (Å²) in [6, 6.07) is 17.5. The maximum absolute atomic E-state index is 13.0. The van der Waals surface area contributed by atoms with Crippen LogP contribution in [-0.4, -0.2) is 39.3 Å². The molecular formula is C22H22N4O8S2. The molecule has 0 saturated heterocycles. The predicted octanol–water partition coefficient (Wildman–Crippen LogP) is 2.76. The molecule has 0 aromatic heterocycles. The van der Waals surface area contributed by atoms with Gasteiger partial charge in [-0.15, -0.1) is 0 Å². The van der Waals surface area contributed by atoms with Gasteiger partial charge in [0.05, 0.1) is 9.85 Å². The molecule has 0 saturated carbocycles. The van der Waals surface area contributed by atoms with Crippen molar-refractivity contribution in [3.63, 3.8) is 0 Å². The third-order valence-electron chi connectivity index (χ3n) is 5.17. The number of hydrogen-bond acceptors (Lipinski definition) is 8. The third kappa shape index (κ3) is 6.69. The molecule has 36 heavy (non-hydrogen) atoms. The first-order valence-electron chi connectivity index (χ1n) is 10.5. The van der Waals surface area contributed by atoms with Crippen LogP contribution in [-0.2, 0) is 26.5 Å². The Kier molecular flexibility index (Phi) is 8.47. The van der Waals surface area contributed by atoms with E-state index in [1.54, 1.807) is 18.2 Å². The molecular weight excluding hydrogens is 512 g/mol. The van der Waals surface area contributed by atoms with Crippen LogP contribution in [0.25, 0.3) is 0 Å². The number of hydrogen-bond donors (Lipinski definition) is 2. The number of para-hydroxylation sites is 2. The van der Waals surface area contributed by atoms with E-state index in [9.17, 15) is 37.1 Å². The van der Waals surface area contributed by atoms with Crippen molar-refractivity contribution in [2.45, 2.75) is 28.7 Å². The van der Waals surface area contributed by atoms with Gasteiger partial charge in [-0.3, -0.25) is 20.2 Å². The SMILES string of the molecule is O=[N+]([O-])c1ccccc1S(=O)(=O)NCC(CCc1ccccc1)NS(=O)(=O)c1ccccc1[N+](=O)[O-]. The van der Waals surface area contributed by atoms with Gasteiger partial charge >= 0.3 is 0 Å². The molecule has 0 spiro atoms. The molecule has 0 radical (unpaired) electrons. The van der Waals surface area contributed by atoms with Crippen LogP contribution in [0, 0.1) is 20.2 Å². The molecule has 0 heterocycles. The number of nitro groups is 2. The van der Waals surface area contributed by atoms with Crippen LogP contribution < -0.4 is 9.44 Å². The maximum atomic E-state index is 13.0. The lowest BCUT2D eigenvalue weighted by Gasteiger charge is -2.20. The average Bonchev–Trinajstić information content (AvgIpc) is 2.86. The normalized spacial score (nSPS) is 12.7. The van der Waals surface area contributed by atoms with Gasteiger partial charge in [-0.1, -0.05) is 54.6 Å². The Balaban J connectivity index is 1.88. The van der Waals surface area contributed by atoms with Gasteiger partial charge in [-0.05, 0) is 30.5 Å². The minimum atomic E-state index is -4.43. The summed E-state index contributed by atoms with van der Waals surface area (Å²) in [4.78, 5) is 19.8. The minimum absolute atomic E-state index is 0.128. The zero-order valence-electron chi connectivity index (χ0n) is 18.7. The summed E-state index contributed by atoms with van der Waals surface area (Å²) in [7, 11) is -8.82. The number of nitrogens with zero attached hydrogens (tertiary/aromatic N) is 2. The molecule has 1 atom stereocenters. The van der Waals surface area contributed by atoms with Crippen molar-refractivity contribution in [3.8, 4) is 0 Å². The fourth-order valence-corrected chi connectivity index (χ4v) is 6.12. The first-order chi connectivity index (χ1) is 17.0. The number of nitrogens with one attached hydrogen (secondary N) is 2. The van der Waals surface area contributed by atoms with Crippen molar-refractivity contribution in [2.24, 2.45) is 0 Å². The highest BCUT2D eigenvalue weighted by Crippen LogP contribution is 2.24. The van der Waals surface area contributed by atoms with Gasteiger partial charge in [0, 0.05) is 24.7 Å². The topological polar surface area (TPSA) is 179 Å². The second-order valence-corrected chi connectivity index (χ2v) is 11.1. The number of rotatable bonds is 12. The first kappa shape index (κ1) is 26.9. The van der Waals surface area contributed by atoms with Gasteiger partial charge < -0.3 is 0 Å². The van der Waals surface area contributed by atoms with E-state index >= 15 is 0 Å². The largest absolute Gasteiger partial charge is 0.289 e. The Hall–Kier alpha value is -3.72. The number of nitro benzene ring substituents is 2. The number of benzene rings is 3. The van der Waals surface area contributed by atoms with Crippen LogP contribution in [0.2, 0.25) is 0 Å². The minimum Gasteiger partial charge on any atom is -0.258 e. The van der Waals surface area contributed by atoms with Gasteiger partial charge in [0.15, 0.2) is 9.79 Å². The zero-order valence-corrected chi connectivity index (χ0v) is 20.3. The van der Waals surface area contributed by atoms with Crippen LogP contribution in [0.15, 0.2) is 88.7 Å². The Morgan fingerprint density at radius 1 is 0.694 bits per heavy atom. The van der Waals surface area contributed by atoms with E-state index in [1.807, 2.05) is 12.1 Å². The second kappa shape index (κ2) is 11.3. The molecule has 0 aliphatic heterocycles. The molecule has 3 rings (SSSR count). The molecule has 2 N–H and O–H groups in total. The fraction of sp³-hybridized carbons (Fsp3) is 0.182. The van der Waals surface area contributed by atoms with Crippen molar-refractivity contribution in [2.75, 3.05) is 6.54 Å². The Bertz CT molecular complexity index is 1460. The van der Waals surface area contributed by atoms with E-state index in [1.165, 1.54) is 24.3 Å². The molecule has 3 aromatic rings. The summed E-state index contributed by atoms with van der Waals surface area (Å²) in [5, 5.41) is 22.6. The van der Waals surface area contributed by atoms with Crippen molar-refractivity contribution < 1.29 is 26.7 Å². The van der Waals surface area contributed by atoms with E-state index < -0.39 is 63.6 Å². The van der Waals surface area contributed by atoms with Crippen molar-refractivity contribution in [1.82, 2.24) is 9.44 Å². The van der Waals surface area contributed by atoms with Crippen LogP contribution in [0.5, 0.6) is 0 Å². The summed E-state index contributed by atoms with van der Waals surface area (Å²) in [5.41, 5.74) is -0.410. The molecule has 1 unspecified atom stereocenters. The molecule has 190 valence electrons. The maximum Gasteiger partial charge on any atom is 0.289 e. The highest BCUT2D eigenvalue weighted by Gasteiger charge is 2.30. The summed E-state index contributed by atoms with van der Waals surface area (Å²) in [6.45, 7) is -0.457. The second-order valence-electron chi connectivity index (χ2n) is 7.64. The predicted molar refractivity (Wildman–Crippen MR) is 130 cm³/mol. The monoisotopic (exact) mass is 534 g/mol. The first-order valence-corrected chi connectivity index (χ1v) is 13.5. The van der Waals surface area contributed by atoms with E-state index in [0.717, 1.165) is 29.8 Å². The Morgan fingerprint density at radius 3 is 1.69 bits per heavy atom. The standard InChI is InChI=1S/C22H22N4O8S2/c27-25(28)19-10-4-6-12-21(19)35(31,32)23-16-18(15-14-17-8-2-1-3-9-17)24-36(33,34)22-13-7-5-11-20(22)26(29)30/h1-13,18,23-24H,14-16H2. The fourth-order valence-electron chi connectivity index (χ4n) is 3.43. The van der Waals surface area contributed by atoms with E-state index in [0.29, 0.717) is 6.42 Å². The smallest absolute Gasteiger partial charge is 0.258 e. The summed E-state index contributed by atoms with van der Waals surface area (Å²) >= 11 is 0. The summed E-state index contributed by atoms with van der Waals surface area (Å²) in [5.74, 6) is 0. The molecule has 0 aliphatic rings. The highest BCUT2D eigenvalue weighted by molar-refractivity contribution is 7.90. The molecule has 0 amide bonds. The molecule has 3 aromatic carbocycles. The van der Waals surface area contributed by atoms with Gasteiger partial charge in [-0.25, -0.2) is 26.3 Å². The number of aryl methyl sites for hydroxylation is 1. The summed E-state index contributed by atoms with van der Waals surface area (Å²) < 4.78 is 56.3. The van der Waals surface area contributed by atoms with Crippen LogP contribution in [0.1, 0.15) is 12.0 Å². The Morgan fingerprint density at radius 2 is 1.17 bits per heavy atom. The van der Waals surface area contributed by atoms with Crippen LogP contribution in [0.4, 0.5) is 11.4 Å². The molecule has 0 bridgehead atoms.